The Morgan fingerprint density at radius 3 is 2.68 bits per heavy atom. The number of hydrazone groups is 1. The van der Waals surface area contributed by atoms with Crippen molar-refractivity contribution in [3.63, 3.8) is 0 Å². The van der Waals surface area contributed by atoms with Gasteiger partial charge in [0.25, 0.3) is 0 Å². The van der Waals surface area contributed by atoms with E-state index >= 15 is 0 Å². The number of carbonyl (C=O) groups is 1. The van der Waals surface area contributed by atoms with Crippen molar-refractivity contribution in [2.75, 3.05) is 0 Å². The highest BCUT2D eigenvalue weighted by Gasteiger charge is 2.15. The average Bonchev–Trinajstić information content (AvgIpc) is 3.25. The lowest BCUT2D eigenvalue weighted by molar-refractivity contribution is 0.0929. The Bertz CT molecular complexity index is 1360. The number of furan rings is 1. The van der Waals surface area contributed by atoms with Crippen LogP contribution in [0.2, 0.25) is 10.0 Å². The monoisotopic (exact) mass is 629 g/mol. The maximum Gasteiger partial charge on any atom is 0.307 e. The first-order valence-electron chi connectivity index (χ1n) is 9.11. The number of fused-ring (bicyclic) bond motifs is 1. The van der Waals surface area contributed by atoms with Gasteiger partial charge >= 0.3 is 5.91 Å². The summed E-state index contributed by atoms with van der Waals surface area (Å²) in [5.74, 6) is -0.220. The van der Waals surface area contributed by atoms with Crippen LogP contribution in [0.15, 0.2) is 56.5 Å². The highest BCUT2D eigenvalue weighted by atomic mass is 127. The van der Waals surface area contributed by atoms with E-state index in [4.69, 9.17) is 27.6 Å². The van der Waals surface area contributed by atoms with Gasteiger partial charge in [-0.3, -0.25) is 4.79 Å². The molecule has 0 bridgehead atoms. The second-order valence-electron chi connectivity index (χ2n) is 6.88. The first kappa shape index (κ1) is 22.4. The van der Waals surface area contributed by atoms with Gasteiger partial charge in [-0.25, -0.2) is 5.43 Å². The highest BCUT2D eigenvalue weighted by Crippen LogP contribution is 2.29. The molecule has 4 aromatic rings. The third-order valence-electron chi connectivity index (χ3n) is 4.76. The molecular formula is C22H15BrCl2IN3O2. The lowest BCUT2D eigenvalue weighted by Crippen LogP contribution is -2.16. The summed E-state index contributed by atoms with van der Waals surface area (Å²) in [5.41, 5.74) is 6.92. The van der Waals surface area contributed by atoms with Gasteiger partial charge in [-0.05, 0) is 78.9 Å². The molecule has 2 aromatic heterocycles. The van der Waals surface area contributed by atoms with E-state index < -0.39 is 5.91 Å². The Labute approximate surface area is 210 Å². The zero-order valence-corrected chi connectivity index (χ0v) is 21.6. The number of aryl methyl sites for hydroxylation is 1. The van der Waals surface area contributed by atoms with Gasteiger partial charge in [0.2, 0.25) is 0 Å². The first-order chi connectivity index (χ1) is 14.7. The molecule has 9 heteroatoms. The maximum atomic E-state index is 12.5. The Hall–Kier alpha value is -1.81. The smallest absolute Gasteiger partial charge is 0.307 e. The molecule has 0 spiro atoms. The number of amides is 1. The summed E-state index contributed by atoms with van der Waals surface area (Å²) in [6.45, 7) is 3.96. The summed E-state index contributed by atoms with van der Waals surface area (Å²) in [5, 5.41) is 5.95. The van der Waals surface area contributed by atoms with Gasteiger partial charge in [0.05, 0.1) is 19.8 Å². The Morgan fingerprint density at radius 1 is 1.16 bits per heavy atom. The summed E-state index contributed by atoms with van der Waals surface area (Å²) in [4.78, 5) is 12.5. The van der Waals surface area contributed by atoms with Crippen LogP contribution in [0.25, 0.3) is 16.7 Å². The molecule has 0 aliphatic heterocycles. The van der Waals surface area contributed by atoms with E-state index in [9.17, 15) is 4.79 Å². The van der Waals surface area contributed by atoms with Crippen LogP contribution in [0, 0.1) is 17.4 Å². The number of carbonyl (C=O) groups excluding carboxylic acids is 1. The molecule has 1 amide bonds. The lowest BCUT2D eigenvalue weighted by atomic mass is 10.2. The third-order valence-corrected chi connectivity index (χ3v) is 6.76. The number of hydrogen-bond donors (Lipinski definition) is 1. The summed E-state index contributed by atoms with van der Waals surface area (Å²) in [7, 11) is 0. The van der Waals surface area contributed by atoms with Crippen molar-refractivity contribution >= 4 is 84.8 Å². The molecule has 0 saturated heterocycles. The van der Waals surface area contributed by atoms with Crippen molar-refractivity contribution in [1.29, 1.82) is 0 Å². The molecular weight excluding hydrogens is 616 g/mol. The van der Waals surface area contributed by atoms with Crippen molar-refractivity contribution in [3.8, 4) is 5.69 Å². The standard InChI is InChI=1S/C22H15BrCl2IN3O2/c1-11-5-14(12(2)29(11)16-3-4-17(24)18(25)9-16)10-27-28-22(30)20-7-13-6-15(23)8-19(26)21(13)31-20/h3-10H,1-2H3,(H,28,30)/b27-10+. The normalized spacial score (nSPS) is 11.5. The van der Waals surface area contributed by atoms with Gasteiger partial charge in [0.1, 0.15) is 5.58 Å². The van der Waals surface area contributed by atoms with Crippen LogP contribution in [0.1, 0.15) is 27.5 Å². The molecule has 0 unspecified atom stereocenters. The molecule has 0 saturated carbocycles. The van der Waals surface area contributed by atoms with E-state index in [-0.39, 0.29) is 5.76 Å². The van der Waals surface area contributed by atoms with Crippen molar-refractivity contribution in [3.05, 3.63) is 83.3 Å². The summed E-state index contributed by atoms with van der Waals surface area (Å²) in [6.07, 6.45) is 1.61. The molecule has 2 aromatic carbocycles. The fraction of sp³-hybridized carbons (Fsp3) is 0.0909. The van der Waals surface area contributed by atoms with Gasteiger partial charge < -0.3 is 8.98 Å². The Kier molecular flexibility index (Phi) is 6.48. The minimum absolute atomic E-state index is 0.199. The average molecular weight is 631 g/mol. The molecule has 5 nitrogen and oxygen atoms in total. The Balaban J connectivity index is 1.55. The molecule has 0 aliphatic carbocycles. The van der Waals surface area contributed by atoms with Crippen LogP contribution < -0.4 is 5.43 Å². The largest absolute Gasteiger partial charge is 0.450 e. The maximum absolute atomic E-state index is 12.5. The van der Waals surface area contributed by atoms with Gasteiger partial charge in [-0.15, -0.1) is 0 Å². The molecule has 2 heterocycles. The number of nitrogens with zero attached hydrogens (tertiary/aromatic N) is 2. The van der Waals surface area contributed by atoms with Gasteiger partial charge in [0.15, 0.2) is 5.76 Å². The van der Waals surface area contributed by atoms with Crippen LogP contribution in [0.5, 0.6) is 0 Å². The third kappa shape index (κ3) is 4.55. The molecule has 4 rings (SSSR count). The molecule has 0 atom stereocenters. The number of rotatable bonds is 4. The number of hydrogen-bond acceptors (Lipinski definition) is 3. The van der Waals surface area contributed by atoms with E-state index in [0.29, 0.717) is 15.6 Å². The first-order valence-corrected chi connectivity index (χ1v) is 11.7. The number of aromatic nitrogens is 1. The minimum atomic E-state index is -0.419. The van der Waals surface area contributed by atoms with Gasteiger partial charge in [0, 0.05) is 32.5 Å². The molecule has 0 radical (unpaired) electrons. The zero-order chi connectivity index (χ0) is 22.3. The van der Waals surface area contributed by atoms with Crippen molar-refractivity contribution < 1.29 is 9.21 Å². The molecule has 0 aliphatic rings. The van der Waals surface area contributed by atoms with Crippen LogP contribution >= 0.6 is 61.7 Å². The summed E-state index contributed by atoms with van der Waals surface area (Å²) in [6, 6.07) is 13.0. The van der Waals surface area contributed by atoms with Crippen LogP contribution in [-0.2, 0) is 0 Å². The fourth-order valence-electron chi connectivity index (χ4n) is 3.34. The van der Waals surface area contributed by atoms with E-state index in [1.165, 1.54) is 0 Å². The topological polar surface area (TPSA) is 59.5 Å². The highest BCUT2D eigenvalue weighted by molar-refractivity contribution is 14.1. The van der Waals surface area contributed by atoms with E-state index in [0.717, 1.165) is 36.1 Å². The second-order valence-corrected chi connectivity index (χ2v) is 9.77. The number of benzene rings is 2. The lowest BCUT2D eigenvalue weighted by Gasteiger charge is -2.10. The number of nitrogens with one attached hydrogen (secondary N) is 1. The SMILES string of the molecule is Cc1cc(/C=N/NC(=O)c2cc3cc(Br)cc(I)c3o2)c(C)n1-c1ccc(Cl)c(Cl)c1. The van der Waals surface area contributed by atoms with Gasteiger partial charge in [-0.1, -0.05) is 39.1 Å². The quantitative estimate of drug-likeness (QED) is 0.146. The molecule has 1 N–H and O–H groups in total. The van der Waals surface area contributed by atoms with Crippen molar-refractivity contribution in [1.82, 2.24) is 9.99 Å². The predicted molar refractivity (Wildman–Crippen MR) is 137 cm³/mol. The minimum Gasteiger partial charge on any atom is -0.450 e. The van der Waals surface area contributed by atoms with Gasteiger partial charge in [-0.2, -0.15) is 5.10 Å². The van der Waals surface area contributed by atoms with Crippen LogP contribution in [-0.4, -0.2) is 16.7 Å². The molecule has 31 heavy (non-hydrogen) atoms. The predicted octanol–water partition coefficient (Wildman–Crippen LogP) is 7.28. The van der Waals surface area contributed by atoms with E-state index in [1.807, 2.05) is 48.7 Å². The Morgan fingerprint density at radius 2 is 1.94 bits per heavy atom. The fourth-order valence-corrected chi connectivity index (χ4v) is 5.30. The molecule has 0 fully saturated rings. The second kappa shape index (κ2) is 8.97. The summed E-state index contributed by atoms with van der Waals surface area (Å²) < 4.78 is 9.59. The zero-order valence-electron chi connectivity index (χ0n) is 16.3. The number of halogens is 4. The molecule has 158 valence electrons. The summed E-state index contributed by atoms with van der Waals surface area (Å²) >= 11 is 17.8. The van der Waals surface area contributed by atoms with E-state index in [1.54, 1.807) is 18.3 Å². The van der Waals surface area contributed by atoms with Crippen LogP contribution in [0.4, 0.5) is 0 Å². The van der Waals surface area contributed by atoms with Crippen molar-refractivity contribution in [2.45, 2.75) is 13.8 Å². The van der Waals surface area contributed by atoms with Crippen LogP contribution in [0.3, 0.4) is 0 Å². The van der Waals surface area contributed by atoms with E-state index in [2.05, 4.69) is 49.0 Å². The van der Waals surface area contributed by atoms with Crippen molar-refractivity contribution in [2.24, 2.45) is 5.10 Å².